The maximum atomic E-state index is 12.5. The summed E-state index contributed by atoms with van der Waals surface area (Å²) in [7, 11) is 0. The summed E-state index contributed by atoms with van der Waals surface area (Å²) in [5, 5.41) is 4.02. The third kappa shape index (κ3) is 2.30. The van der Waals surface area contributed by atoms with Crippen LogP contribution in [0, 0.1) is 0 Å². The summed E-state index contributed by atoms with van der Waals surface area (Å²) in [6.07, 6.45) is 3.84. The number of hydrogen-bond donors (Lipinski definition) is 2. The Kier molecular flexibility index (Phi) is 3.48. The lowest BCUT2D eigenvalue weighted by Gasteiger charge is -2.09. The van der Waals surface area contributed by atoms with Crippen LogP contribution in [0.2, 0.25) is 0 Å². The minimum absolute atomic E-state index is 0.0976. The van der Waals surface area contributed by atoms with Gasteiger partial charge in [0.05, 0.1) is 16.8 Å². The van der Waals surface area contributed by atoms with Crippen molar-refractivity contribution in [3.63, 3.8) is 0 Å². The lowest BCUT2D eigenvalue weighted by Crippen LogP contribution is -2.13. The molecule has 1 amide bonds. The van der Waals surface area contributed by atoms with E-state index in [9.17, 15) is 4.79 Å². The van der Waals surface area contributed by atoms with Crippen LogP contribution in [0.5, 0.6) is 0 Å². The Hall–Kier alpha value is -2.20. The van der Waals surface area contributed by atoms with Crippen molar-refractivity contribution in [3.05, 3.63) is 60.3 Å². The van der Waals surface area contributed by atoms with Gasteiger partial charge in [-0.05, 0) is 30.5 Å². The van der Waals surface area contributed by atoms with Crippen LogP contribution in [0.15, 0.2) is 59.6 Å². The van der Waals surface area contributed by atoms with Crippen molar-refractivity contribution < 1.29 is 4.79 Å². The van der Waals surface area contributed by atoms with Gasteiger partial charge in [-0.3, -0.25) is 4.79 Å². The molecule has 4 heteroatoms. The minimum atomic E-state index is -0.0976. The molecule has 0 saturated carbocycles. The first-order valence-electron chi connectivity index (χ1n) is 6.30. The van der Waals surface area contributed by atoms with Crippen LogP contribution < -0.4 is 5.32 Å². The number of hydrogen-bond acceptors (Lipinski definition) is 2. The minimum Gasteiger partial charge on any atom is -0.361 e. The van der Waals surface area contributed by atoms with Gasteiger partial charge in [0.25, 0.3) is 5.91 Å². The van der Waals surface area contributed by atoms with E-state index in [0.717, 1.165) is 21.5 Å². The summed E-state index contributed by atoms with van der Waals surface area (Å²) in [6, 6.07) is 15.5. The molecule has 0 atom stereocenters. The van der Waals surface area contributed by atoms with Crippen molar-refractivity contribution in [2.75, 3.05) is 11.6 Å². The van der Waals surface area contributed by atoms with Gasteiger partial charge in [-0.1, -0.05) is 24.3 Å². The topological polar surface area (TPSA) is 44.9 Å². The molecule has 0 bridgehead atoms. The fourth-order valence-corrected chi connectivity index (χ4v) is 2.77. The van der Waals surface area contributed by atoms with Crippen LogP contribution in [0.25, 0.3) is 10.9 Å². The number of anilines is 1. The first-order chi connectivity index (χ1) is 9.79. The van der Waals surface area contributed by atoms with Gasteiger partial charge >= 0.3 is 0 Å². The number of nitrogens with one attached hydrogen (secondary N) is 2. The van der Waals surface area contributed by atoms with Crippen LogP contribution in [0.3, 0.4) is 0 Å². The molecule has 2 N–H and O–H groups in total. The highest BCUT2D eigenvalue weighted by Gasteiger charge is 2.12. The molecule has 0 aliphatic carbocycles. The van der Waals surface area contributed by atoms with Gasteiger partial charge in [0.1, 0.15) is 0 Å². The number of rotatable bonds is 3. The molecule has 0 aliphatic heterocycles. The molecular weight excluding hydrogens is 268 g/mol. The van der Waals surface area contributed by atoms with Crippen LogP contribution in [0.4, 0.5) is 5.69 Å². The number of aromatic nitrogens is 1. The summed E-state index contributed by atoms with van der Waals surface area (Å²) in [5.74, 6) is -0.0976. The van der Waals surface area contributed by atoms with E-state index in [2.05, 4.69) is 10.3 Å². The van der Waals surface area contributed by atoms with E-state index in [-0.39, 0.29) is 5.91 Å². The van der Waals surface area contributed by atoms with Crippen LogP contribution in [-0.4, -0.2) is 17.1 Å². The van der Waals surface area contributed by atoms with E-state index in [4.69, 9.17) is 0 Å². The number of H-pyrrole nitrogens is 1. The lowest BCUT2D eigenvalue weighted by molar-refractivity contribution is 0.102. The Morgan fingerprint density at radius 2 is 1.95 bits per heavy atom. The lowest BCUT2D eigenvalue weighted by atomic mass is 10.1. The fourth-order valence-electron chi connectivity index (χ4n) is 2.21. The average Bonchev–Trinajstić information content (AvgIpc) is 2.96. The van der Waals surface area contributed by atoms with Crippen molar-refractivity contribution in [1.29, 1.82) is 0 Å². The number of para-hydroxylation sites is 2. The maximum absolute atomic E-state index is 12.5. The molecule has 20 heavy (non-hydrogen) atoms. The van der Waals surface area contributed by atoms with Gasteiger partial charge < -0.3 is 10.3 Å². The quantitative estimate of drug-likeness (QED) is 0.709. The van der Waals surface area contributed by atoms with Gasteiger partial charge in [0.15, 0.2) is 0 Å². The highest BCUT2D eigenvalue weighted by atomic mass is 32.2. The summed E-state index contributed by atoms with van der Waals surface area (Å²) in [4.78, 5) is 16.6. The fraction of sp³-hybridized carbons (Fsp3) is 0.0625. The molecule has 0 unspecified atom stereocenters. The highest BCUT2D eigenvalue weighted by Crippen LogP contribution is 2.26. The smallest absolute Gasteiger partial charge is 0.257 e. The summed E-state index contributed by atoms with van der Waals surface area (Å²) in [5.41, 5.74) is 2.36. The predicted molar refractivity (Wildman–Crippen MR) is 84.5 cm³/mol. The first-order valence-corrected chi connectivity index (χ1v) is 7.52. The molecular formula is C16H14N2OS. The van der Waals surface area contributed by atoms with E-state index in [1.54, 1.807) is 11.8 Å². The predicted octanol–water partition coefficient (Wildman–Crippen LogP) is 4.14. The second-order valence-corrected chi connectivity index (χ2v) is 5.25. The van der Waals surface area contributed by atoms with Crippen LogP contribution in [0.1, 0.15) is 10.4 Å². The van der Waals surface area contributed by atoms with Crippen molar-refractivity contribution in [1.82, 2.24) is 4.98 Å². The van der Waals surface area contributed by atoms with E-state index in [1.807, 2.05) is 61.0 Å². The standard InChI is InChI=1S/C16H14N2OS/c1-20-14-8-3-2-7-13(14)18-16(19)12-6-4-5-11-9-10-17-15(11)12/h2-10,17H,1H3,(H,18,19). The first kappa shape index (κ1) is 12.8. The summed E-state index contributed by atoms with van der Waals surface area (Å²) >= 11 is 1.62. The normalized spacial score (nSPS) is 10.7. The van der Waals surface area contributed by atoms with Gasteiger partial charge in [-0.2, -0.15) is 0 Å². The molecule has 100 valence electrons. The Labute approximate surface area is 121 Å². The van der Waals surface area contributed by atoms with Crippen LogP contribution in [-0.2, 0) is 0 Å². The Morgan fingerprint density at radius 3 is 2.80 bits per heavy atom. The third-order valence-electron chi connectivity index (χ3n) is 3.19. The van der Waals surface area contributed by atoms with E-state index in [0.29, 0.717) is 5.56 Å². The molecule has 0 aliphatic rings. The zero-order valence-corrected chi connectivity index (χ0v) is 11.8. The molecule has 2 aromatic carbocycles. The van der Waals surface area contributed by atoms with E-state index >= 15 is 0 Å². The second kappa shape index (κ2) is 5.43. The molecule has 0 saturated heterocycles. The van der Waals surface area contributed by atoms with Gasteiger partial charge in [-0.15, -0.1) is 11.8 Å². The molecule has 0 radical (unpaired) electrons. The summed E-state index contributed by atoms with van der Waals surface area (Å²) in [6.45, 7) is 0. The van der Waals surface area contributed by atoms with Crippen molar-refractivity contribution in [2.45, 2.75) is 4.90 Å². The zero-order valence-electron chi connectivity index (χ0n) is 11.0. The van der Waals surface area contributed by atoms with Crippen molar-refractivity contribution in [2.24, 2.45) is 0 Å². The Bertz CT molecular complexity index is 764. The number of thioether (sulfide) groups is 1. The number of fused-ring (bicyclic) bond motifs is 1. The molecule has 0 fully saturated rings. The van der Waals surface area contributed by atoms with E-state index in [1.165, 1.54) is 0 Å². The third-order valence-corrected chi connectivity index (χ3v) is 3.98. The number of benzene rings is 2. The number of aromatic amines is 1. The number of carbonyl (C=O) groups excluding carboxylic acids is 1. The van der Waals surface area contributed by atoms with Gasteiger partial charge in [0.2, 0.25) is 0 Å². The maximum Gasteiger partial charge on any atom is 0.257 e. The average molecular weight is 282 g/mol. The molecule has 3 aromatic rings. The Balaban J connectivity index is 1.95. The van der Waals surface area contributed by atoms with Crippen molar-refractivity contribution >= 4 is 34.3 Å². The highest BCUT2D eigenvalue weighted by molar-refractivity contribution is 7.98. The van der Waals surface area contributed by atoms with Gasteiger partial charge in [0, 0.05) is 16.5 Å². The van der Waals surface area contributed by atoms with Gasteiger partial charge in [-0.25, -0.2) is 0 Å². The zero-order chi connectivity index (χ0) is 13.9. The van der Waals surface area contributed by atoms with E-state index < -0.39 is 0 Å². The molecule has 3 rings (SSSR count). The van der Waals surface area contributed by atoms with Crippen LogP contribution >= 0.6 is 11.8 Å². The number of carbonyl (C=O) groups is 1. The monoisotopic (exact) mass is 282 g/mol. The Morgan fingerprint density at radius 1 is 1.10 bits per heavy atom. The van der Waals surface area contributed by atoms with Crippen molar-refractivity contribution in [3.8, 4) is 0 Å². The molecule has 3 nitrogen and oxygen atoms in total. The molecule has 1 heterocycles. The summed E-state index contributed by atoms with van der Waals surface area (Å²) < 4.78 is 0. The number of amides is 1. The largest absolute Gasteiger partial charge is 0.361 e. The molecule has 1 aromatic heterocycles. The molecule has 0 spiro atoms. The SMILES string of the molecule is CSc1ccccc1NC(=O)c1cccc2cc[nH]c12. The second-order valence-electron chi connectivity index (χ2n) is 4.40.